The largest absolute Gasteiger partial charge is 0.361 e. The van der Waals surface area contributed by atoms with Gasteiger partial charge < -0.3 is 15.1 Å². The van der Waals surface area contributed by atoms with Crippen molar-refractivity contribution in [2.24, 2.45) is 0 Å². The molecule has 27 heavy (non-hydrogen) atoms. The number of nitrogens with one attached hydrogen (secondary N) is 1. The number of anilines is 1. The number of hydrogen-bond acceptors (Lipinski definition) is 6. The van der Waals surface area contributed by atoms with Crippen LogP contribution in [0.4, 0.5) is 11.6 Å². The van der Waals surface area contributed by atoms with E-state index in [4.69, 9.17) is 11.6 Å². The highest BCUT2D eigenvalue weighted by atomic mass is 16.2. The third-order valence-corrected chi connectivity index (χ3v) is 4.29. The molecule has 0 aromatic carbocycles. The molecule has 8 heteroatoms. The lowest BCUT2D eigenvalue weighted by Gasteiger charge is -2.35. The normalized spacial score (nSPS) is 14.8. The summed E-state index contributed by atoms with van der Waals surface area (Å²) in [5.74, 6) is 1.24. The maximum atomic E-state index is 11.9. The summed E-state index contributed by atoms with van der Waals surface area (Å²) >= 11 is 0. The van der Waals surface area contributed by atoms with Crippen LogP contribution in [0.3, 0.4) is 0 Å². The van der Waals surface area contributed by atoms with Gasteiger partial charge in [0.15, 0.2) is 0 Å². The number of rotatable bonds is 5. The molecule has 3 heterocycles. The van der Waals surface area contributed by atoms with Crippen LogP contribution in [0.25, 0.3) is 16.1 Å². The van der Waals surface area contributed by atoms with Gasteiger partial charge in [0.1, 0.15) is 12.0 Å². The maximum absolute atomic E-state index is 11.9. The zero-order valence-electron chi connectivity index (χ0n) is 15.6. The van der Waals surface area contributed by atoms with Gasteiger partial charge in [0, 0.05) is 37.8 Å². The highest BCUT2D eigenvalue weighted by Gasteiger charge is 2.20. The van der Waals surface area contributed by atoms with E-state index >= 15 is 0 Å². The second-order valence-electron chi connectivity index (χ2n) is 6.76. The minimum absolute atomic E-state index is 0.0654. The van der Waals surface area contributed by atoms with Crippen molar-refractivity contribution in [3.8, 4) is 11.3 Å². The van der Waals surface area contributed by atoms with Crippen LogP contribution in [-0.2, 0) is 4.79 Å². The highest BCUT2D eigenvalue weighted by molar-refractivity contribution is 5.78. The van der Waals surface area contributed by atoms with E-state index in [9.17, 15) is 4.79 Å². The maximum Gasteiger partial charge on any atom is 0.269 e. The Morgan fingerprint density at radius 3 is 2.63 bits per heavy atom. The SMILES string of the molecule is [C-]#[N+]c1ccc(-c2cncc(N3CCN(CC(=O)NC(C)C)CC3)n2)cn1. The fourth-order valence-corrected chi connectivity index (χ4v) is 2.96. The van der Waals surface area contributed by atoms with Crippen molar-refractivity contribution in [3.63, 3.8) is 0 Å². The Morgan fingerprint density at radius 2 is 2.00 bits per heavy atom. The molecule has 1 saturated heterocycles. The summed E-state index contributed by atoms with van der Waals surface area (Å²) in [5, 5.41) is 2.93. The molecule has 0 bridgehead atoms. The summed E-state index contributed by atoms with van der Waals surface area (Å²) in [6, 6.07) is 3.67. The molecule has 3 rings (SSSR count). The van der Waals surface area contributed by atoms with Gasteiger partial charge in [-0.1, -0.05) is 12.6 Å². The predicted octanol–water partition coefficient (Wildman–Crippen LogP) is 1.74. The first-order valence-corrected chi connectivity index (χ1v) is 8.98. The molecule has 2 aromatic rings. The van der Waals surface area contributed by atoms with Crippen molar-refractivity contribution in [2.45, 2.75) is 19.9 Å². The smallest absolute Gasteiger partial charge is 0.269 e. The first-order chi connectivity index (χ1) is 13.0. The first kappa shape index (κ1) is 18.7. The summed E-state index contributed by atoms with van der Waals surface area (Å²) in [4.78, 5) is 32.6. The van der Waals surface area contributed by atoms with E-state index in [0.29, 0.717) is 12.4 Å². The van der Waals surface area contributed by atoms with Crippen LogP contribution >= 0.6 is 0 Å². The number of carbonyl (C=O) groups is 1. The topological polar surface area (TPSA) is 78.6 Å². The van der Waals surface area contributed by atoms with Gasteiger partial charge in [-0.3, -0.25) is 14.7 Å². The molecule has 0 atom stereocenters. The average Bonchev–Trinajstić information content (AvgIpc) is 2.68. The van der Waals surface area contributed by atoms with E-state index in [1.54, 1.807) is 24.7 Å². The van der Waals surface area contributed by atoms with E-state index in [2.05, 4.69) is 29.9 Å². The fraction of sp³-hybridized carbons (Fsp3) is 0.421. The summed E-state index contributed by atoms with van der Waals surface area (Å²) in [5.41, 5.74) is 1.57. The van der Waals surface area contributed by atoms with Gasteiger partial charge in [0.2, 0.25) is 5.91 Å². The summed E-state index contributed by atoms with van der Waals surface area (Å²) in [6.07, 6.45) is 5.10. The highest BCUT2D eigenvalue weighted by Crippen LogP contribution is 2.21. The second-order valence-corrected chi connectivity index (χ2v) is 6.76. The van der Waals surface area contributed by atoms with Crippen molar-refractivity contribution in [1.29, 1.82) is 0 Å². The van der Waals surface area contributed by atoms with Gasteiger partial charge >= 0.3 is 0 Å². The van der Waals surface area contributed by atoms with Crippen molar-refractivity contribution in [3.05, 3.63) is 42.1 Å². The molecule has 1 amide bonds. The molecule has 1 aliphatic heterocycles. The average molecular weight is 365 g/mol. The van der Waals surface area contributed by atoms with Crippen LogP contribution in [0.5, 0.6) is 0 Å². The second kappa shape index (κ2) is 8.56. The van der Waals surface area contributed by atoms with E-state index in [1.165, 1.54) is 0 Å². The van der Waals surface area contributed by atoms with Crippen molar-refractivity contribution < 1.29 is 4.79 Å². The van der Waals surface area contributed by atoms with E-state index < -0.39 is 0 Å². The molecule has 1 aliphatic rings. The molecule has 1 N–H and O–H groups in total. The lowest BCUT2D eigenvalue weighted by Crippen LogP contribution is -2.50. The van der Waals surface area contributed by atoms with Crippen molar-refractivity contribution >= 4 is 17.5 Å². The predicted molar refractivity (Wildman–Crippen MR) is 103 cm³/mol. The number of aromatic nitrogens is 3. The van der Waals surface area contributed by atoms with Crippen molar-refractivity contribution in [2.75, 3.05) is 37.6 Å². The van der Waals surface area contributed by atoms with E-state index in [-0.39, 0.29) is 11.9 Å². The zero-order valence-corrected chi connectivity index (χ0v) is 15.6. The van der Waals surface area contributed by atoms with Gasteiger partial charge in [0.25, 0.3) is 5.82 Å². The lowest BCUT2D eigenvalue weighted by atomic mass is 10.2. The van der Waals surface area contributed by atoms with Gasteiger partial charge in [-0.25, -0.2) is 4.98 Å². The van der Waals surface area contributed by atoms with Crippen LogP contribution in [0, 0.1) is 6.57 Å². The number of piperazine rings is 1. The van der Waals surface area contributed by atoms with Crippen LogP contribution in [0.2, 0.25) is 0 Å². The number of pyridine rings is 1. The van der Waals surface area contributed by atoms with E-state index in [1.807, 2.05) is 19.9 Å². The molecule has 0 unspecified atom stereocenters. The minimum Gasteiger partial charge on any atom is -0.361 e. The molecule has 1 fully saturated rings. The Morgan fingerprint density at radius 1 is 1.22 bits per heavy atom. The quantitative estimate of drug-likeness (QED) is 0.813. The molecular weight excluding hydrogens is 342 g/mol. The van der Waals surface area contributed by atoms with Crippen LogP contribution in [0.15, 0.2) is 30.7 Å². The number of amides is 1. The fourth-order valence-electron chi connectivity index (χ4n) is 2.96. The minimum atomic E-state index is 0.0654. The zero-order chi connectivity index (χ0) is 19.2. The summed E-state index contributed by atoms with van der Waals surface area (Å²) < 4.78 is 0. The summed E-state index contributed by atoms with van der Waals surface area (Å²) in [7, 11) is 0. The molecule has 140 valence electrons. The third kappa shape index (κ3) is 4.99. The first-order valence-electron chi connectivity index (χ1n) is 8.98. The molecule has 0 spiro atoms. The monoisotopic (exact) mass is 365 g/mol. The number of carbonyl (C=O) groups excluding carboxylic acids is 1. The van der Waals surface area contributed by atoms with Crippen molar-refractivity contribution in [1.82, 2.24) is 25.2 Å². The Kier molecular flexibility index (Phi) is 5.94. The summed E-state index contributed by atoms with van der Waals surface area (Å²) in [6.45, 7) is 14.5. The van der Waals surface area contributed by atoms with E-state index in [0.717, 1.165) is 43.3 Å². The number of nitrogens with zero attached hydrogens (tertiary/aromatic N) is 6. The standard InChI is InChI=1S/C19H23N7O/c1-14(2)23-19(27)13-25-6-8-26(9-7-25)18-12-21-11-16(24-18)15-4-5-17(20-3)22-10-15/h4-5,10-12,14H,6-9,13H2,1-2H3,(H,23,27). The lowest BCUT2D eigenvalue weighted by molar-refractivity contribution is -0.122. The molecule has 0 saturated carbocycles. The van der Waals surface area contributed by atoms with Gasteiger partial charge in [-0.2, -0.15) is 0 Å². The molecule has 0 radical (unpaired) electrons. The van der Waals surface area contributed by atoms with Crippen LogP contribution in [0.1, 0.15) is 13.8 Å². The molecule has 8 nitrogen and oxygen atoms in total. The molecule has 2 aromatic heterocycles. The molecular formula is C19H23N7O. The van der Waals surface area contributed by atoms with Gasteiger partial charge in [-0.05, 0) is 19.9 Å². The molecule has 0 aliphatic carbocycles. The Labute approximate surface area is 159 Å². The Balaban J connectivity index is 1.61. The Hall–Kier alpha value is -3.05. The van der Waals surface area contributed by atoms with Crippen LogP contribution < -0.4 is 10.2 Å². The van der Waals surface area contributed by atoms with Crippen LogP contribution in [-0.4, -0.2) is 64.5 Å². The Bertz CT molecular complexity index is 821. The van der Waals surface area contributed by atoms with Gasteiger partial charge in [0.05, 0.1) is 24.6 Å². The third-order valence-electron chi connectivity index (χ3n) is 4.29. The number of hydrogen-bond donors (Lipinski definition) is 1. The van der Waals surface area contributed by atoms with Gasteiger partial charge in [-0.15, -0.1) is 4.98 Å².